The van der Waals surface area contributed by atoms with E-state index < -0.39 is 11.5 Å². The van der Waals surface area contributed by atoms with E-state index >= 15 is 0 Å². The molecule has 6 heteroatoms. The summed E-state index contributed by atoms with van der Waals surface area (Å²) in [5.74, 6) is -0.282. The van der Waals surface area contributed by atoms with Crippen molar-refractivity contribution < 1.29 is 9.59 Å². The first-order chi connectivity index (χ1) is 14.6. The van der Waals surface area contributed by atoms with Gasteiger partial charge in [0.25, 0.3) is 11.5 Å². The molecule has 1 aromatic carbocycles. The van der Waals surface area contributed by atoms with Gasteiger partial charge in [0.15, 0.2) is 5.78 Å². The highest BCUT2D eigenvalue weighted by atomic mass is 16.2. The van der Waals surface area contributed by atoms with E-state index in [2.05, 4.69) is 10.3 Å². The van der Waals surface area contributed by atoms with Crippen molar-refractivity contribution in [2.45, 2.75) is 40.5 Å². The Morgan fingerprint density at radius 3 is 2.42 bits per heavy atom. The first kappa shape index (κ1) is 20.7. The SMILES string of the molecule is Cc1ccc(-n2c3c(cc(C(=O)Nc4cccc(C)n4)c2=O)C(=O)CC(C)(C)C3)cc1. The molecule has 1 N–H and O–H groups in total. The molecule has 6 nitrogen and oxygen atoms in total. The van der Waals surface area contributed by atoms with E-state index in [9.17, 15) is 14.4 Å². The van der Waals surface area contributed by atoms with Crippen molar-refractivity contribution in [3.05, 3.63) is 87.0 Å². The van der Waals surface area contributed by atoms with Crippen LogP contribution in [0, 0.1) is 19.3 Å². The number of hydrogen-bond donors (Lipinski definition) is 1. The summed E-state index contributed by atoms with van der Waals surface area (Å²) in [6.07, 6.45) is 0.936. The minimum atomic E-state index is -0.579. The minimum Gasteiger partial charge on any atom is -0.306 e. The number of Topliss-reactive ketones (excluding diaryl/α,β-unsaturated/α-hetero) is 1. The maximum Gasteiger partial charge on any atom is 0.268 e. The van der Waals surface area contributed by atoms with Gasteiger partial charge in [-0.2, -0.15) is 0 Å². The van der Waals surface area contributed by atoms with Crippen LogP contribution in [0.4, 0.5) is 5.82 Å². The number of aromatic nitrogens is 2. The number of rotatable bonds is 3. The van der Waals surface area contributed by atoms with Crippen LogP contribution in [-0.2, 0) is 6.42 Å². The maximum atomic E-state index is 13.5. The third kappa shape index (κ3) is 4.06. The van der Waals surface area contributed by atoms with Crippen molar-refractivity contribution in [2.75, 3.05) is 5.32 Å². The van der Waals surface area contributed by atoms with Crippen molar-refractivity contribution in [2.24, 2.45) is 5.41 Å². The number of anilines is 1. The second-order valence-electron chi connectivity index (χ2n) is 8.95. The molecule has 0 unspecified atom stereocenters. The number of carbonyl (C=O) groups is 2. The van der Waals surface area contributed by atoms with E-state index in [4.69, 9.17) is 0 Å². The van der Waals surface area contributed by atoms with Gasteiger partial charge in [0, 0.05) is 29.1 Å². The number of amides is 1. The zero-order valence-corrected chi connectivity index (χ0v) is 18.2. The Kier molecular flexibility index (Phi) is 5.09. The quantitative estimate of drug-likeness (QED) is 0.693. The molecule has 1 aliphatic rings. The Morgan fingerprint density at radius 2 is 1.74 bits per heavy atom. The number of benzene rings is 1. The summed E-state index contributed by atoms with van der Waals surface area (Å²) in [7, 11) is 0. The van der Waals surface area contributed by atoms with Crippen LogP contribution in [0.15, 0.2) is 53.3 Å². The number of nitrogens with zero attached hydrogens (tertiary/aromatic N) is 2. The minimum absolute atomic E-state index is 0.0603. The van der Waals surface area contributed by atoms with Crippen LogP contribution < -0.4 is 10.9 Å². The lowest BCUT2D eigenvalue weighted by Crippen LogP contribution is -2.37. The van der Waals surface area contributed by atoms with Gasteiger partial charge in [-0.3, -0.25) is 19.0 Å². The summed E-state index contributed by atoms with van der Waals surface area (Å²) in [5.41, 5.74) is 2.74. The van der Waals surface area contributed by atoms with Crippen molar-refractivity contribution in [3.8, 4) is 5.69 Å². The smallest absolute Gasteiger partial charge is 0.268 e. The predicted octanol–water partition coefficient (Wildman–Crippen LogP) is 4.26. The molecule has 4 rings (SSSR count). The van der Waals surface area contributed by atoms with Crippen molar-refractivity contribution in [1.82, 2.24) is 9.55 Å². The number of aryl methyl sites for hydroxylation is 2. The molecule has 0 fully saturated rings. The Balaban J connectivity index is 1.90. The van der Waals surface area contributed by atoms with Gasteiger partial charge in [0.1, 0.15) is 11.4 Å². The Bertz CT molecular complexity index is 1250. The fraction of sp³-hybridized carbons (Fsp3) is 0.280. The number of nitrogens with one attached hydrogen (secondary N) is 1. The first-order valence-corrected chi connectivity index (χ1v) is 10.3. The molecular formula is C25H25N3O3. The molecule has 0 saturated carbocycles. The van der Waals surface area contributed by atoms with Gasteiger partial charge in [-0.25, -0.2) is 4.98 Å². The van der Waals surface area contributed by atoms with Crippen LogP contribution in [0.1, 0.15) is 57.9 Å². The highest BCUT2D eigenvalue weighted by Crippen LogP contribution is 2.35. The van der Waals surface area contributed by atoms with E-state index in [-0.39, 0.29) is 16.8 Å². The molecule has 2 aromatic heterocycles. The third-order valence-corrected chi connectivity index (χ3v) is 5.56. The topological polar surface area (TPSA) is 81.1 Å². The Labute approximate surface area is 181 Å². The molecule has 0 bridgehead atoms. The summed E-state index contributed by atoms with van der Waals surface area (Å²) in [5, 5.41) is 2.69. The Hall–Kier alpha value is -3.54. The maximum absolute atomic E-state index is 13.5. The highest BCUT2D eigenvalue weighted by molar-refractivity contribution is 6.06. The number of fused-ring (bicyclic) bond motifs is 1. The highest BCUT2D eigenvalue weighted by Gasteiger charge is 2.35. The fourth-order valence-electron chi connectivity index (χ4n) is 4.04. The molecule has 0 spiro atoms. The molecule has 1 aliphatic carbocycles. The van der Waals surface area contributed by atoms with Gasteiger partial charge in [-0.15, -0.1) is 0 Å². The van der Waals surface area contributed by atoms with Gasteiger partial charge in [-0.1, -0.05) is 37.6 Å². The van der Waals surface area contributed by atoms with Gasteiger partial charge in [0.2, 0.25) is 0 Å². The molecule has 3 aromatic rings. The van der Waals surface area contributed by atoms with Crippen molar-refractivity contribution in [3.63, 3.8) is 0 Å². The van der Waals surface area contributed by atoms with Crippen LogP contribution in [0.25, 0.3) is 5.69 Å². The third-order valence-electron chi connectivity index (χ3n) is 5.56. The summed E-state index contributed by atoms with van der Waals surface area (Å²) < 4.78 is 1.52. The first-order valence-electron chi connectivity index (χ1n) is 10.3. The number of carbonyl (C=O) groups excluding carboxylic acids is 2. The molecular weight excluding hydrogens is 390 g/mol. The summed E-state index contributed by atoms with van der Waals surface area (Å²) in [4.78, 5) is 43.8. The van der Waals surface area contributed by atoms with E-state index in [1.165, 1.54) is 10.6 Å². The fourth-order valence-corrected chi connectivity index (χ4v) is 4.04. The van der Waals surface area contributed by atoms with Crippen molar-refractivity contribution >= 4 is 17.5 Å². The standard InChI is InChI=1S/C25H25N3O3/c1-15-8-10-17(11-9-15)28-20-13-25(3,4)14-21(29)18(20)12-19(24(28)31)23(30)27-22-7-5-6-16(2)26-22/h5-12H,13-14H2,1-4H3,(H,26,27,30). The zero-order valence-electron chi connectivity index (χ0n) is 18.2. The monoisotopic (exact) mass is 415 g/mol. The lowest BCUT2D eigenvalue weighted by molar-refractivity contribution is 0.0909. The van der Waals surface area contributed by atoms with Gasteiger partial charge < -0.3 is 5.32 Å². The lowest BCUT2D eigenvalue weighted by atomic mass is 9.75. The summed E-state index contributed by atoms with van der Waals surface area (Å²) in [6, 6.07) is 14.2. The summed E-state index contributed by atoms with van der Waals surface area (Å²) in [6.45, 7) is 7.82. The van der Waals surface area contributed by atoms with Crippen LogP contribution >= 0.6 is 0 Å². The number of hydrogen-bond acceptors (Lipinski definition) is 4. The van der Waals surface area contributed by atoms with Crippen molar-refractivity contribution in [1.29, 1.82) is 0 Å². The van der Waals surface area contributed by atoms with E-state index in [1.54, 1.807) is 12.1 Å². The largest absolute Gasteiger partial charge is 0.306 e. The van der Waals surface area contributed by atoms with E-state index in [0.29, 0.717) is 35.6 Å². The molecule has 0 aliphatic heterocycles. The molecule has 158 valence electrons. The molecule has 2 heterocycles. The summed E-state index contributed by atoms with van der Waals surface area (Å²) >= 11 is 0. The van der Waals surface area contributed by atoms with Gasteiger partial charge in [-0.05, 0) is 56.0 Å². The lowest BCUT2D eigenvalue weighted by Gasteiger charge is -2.32. The second-order valence-corrected chi connectivity index (χ2v) is 8.95. The average Bonchev–Trinajstić information content (AvgIpc) is 2.68. The van der Waals surface area contributed by atoms with Gasteiger partial charge in [0.05, 0.1) is 0 Å². The van der Waals surface area contributed by atoms with E-state index in [1.807, 2.05) is 58.0 Å². The zero-order chi connectivity index (χ0) is 22.3. The number of pyridine rings is 2. The predicted molar refractivity (Wildman–Crippen MR) is 120 cm³/mol. The Morgan fingerprint density at radius 1 is 1.03 bits per heavy atom. The normalized spacial score (nSPS) is 14.8. The van der Waals surface area contributed by atoms with E-state index in [0.717, 1.165) is 11.3 Å². The number of ketones is 1. The van der Waals surface area contributed by atoms with Crippen LogP contribution in [0.3, 0.4) is 0 Å². The van der Waals surface area contributed by atoms with Crippen LogP contribution in [0.2, 0.25) is 0 Å². The van der Waals surface area contributed by atoms with Crippen LogP contribution in [0.5, 0.6) is 0 Å². The molecule has 31 heavy (non-hydrogen) atoms. The molecule has 0 atom stereocenters. The molecule has 0 radical (unpaired) electrons. The van der Waals surface area contributed by atoms with Crippen LogP contribution in [-0.4, -0.2) is 21.2 Å². The average molecular weight is 415 g/mol. The molecule has 1 amide bonds. The molecule has 0 saturated heterocycles. The van der Waals surface area contributed by atoms with Gasteiger partial charge >= 0.3 is 0 Å². The second kappa shape index (κ2) is 7.61.